The molecule has 0 atom stereocenters. The summed E-state index contributed by atoms with van der Waals surface area (Å²) in [6, 6.07) is 68.7. The molecule has 0 N–H and O–H groups in total. The van der Waals surface area contributed by atoms with Crippen LogP contribution in [0.3, 0.4) is 0 Å². The molecule has 0 heterocycles. The molecule has 0 aliphatic rings. The minimum atomic E-state index is -2.02. The molecule has 0 saturated carbocycles. The molecular weight excluding hydrogens is 822 g/mol. The zero-order chi connectivity index (χ0) is 39.8. The predicted molar refractivity (Wildman–Crippen MR) is 260 cm³/mol. The van der Waals surface area contributed by atoms with Crippen molar-refractivity contribution in [2.75, 3.05) is 9.80 Å². The van der Waals surface area contributed by atoms with Gasteiger partial charge in [0.1, 0.15) is 0 Å². The Hall–Kier alpha value is -5.55. The second-order valence-electron chi connectivity index (χ2n) is 17.9. The van der Waals surface area contributed by atoms with Gasteiger partial charge in [0.15, 0.2) is 0 Å². The summed E-state index contributed by atoms with van der Waals surface area (Å²) in [7, 11) is 0. The Morgan fingerprint density at radius 3 is 1.00 bits per heavy atom. The van der Waals surface area contributed by atoms with Crippen LogP contribution in [-0.4, -0.2) is 26.5 Å². The summed E-state index contributed by atoms with van der Waals surface area (Å²) in [5, 5.41) is 12.6. The molecule has 0 radical (unpaired) electrons. The molecule has 10 aromatic carbocycles. The molecular formula is C54H48Ge2N2. The summed E-state index contributed by atoms with van der Waals surface area (Å²) in [6.07, 6.45) is 0. The van der Waals surface area contributed by atoms with Crippen molar-refractivity contribution < 1.29 is 0 Å². The standard InChI is InChI=1S/C54H48Ge2N2/c1-55(2,3)43-21-27-45(28-22-43)57(47-25-15-37-11-7-9-13-41(37)35-47)51-33-19-39-18-32-50-52(34-20-40-17-31-49(51)53(39)54(40)50)58(46-29-23-44(24-30-46)56(4,5)6)48-26-16-38-12-8-10-14-42(38)36-48/h7-36H,1-6H3. The first-order valence-corrected chi connectivity index (χ1v) is 35.2. The van der Waals surface area contributed by atoms with Crippen molar-refractivity contribution in [3.05, 3.63) is 182 Å². The van der Waals surface area contributed by atoms with Crippen LogP contribution in [0, 0.1) is 0 Å². The molecule has 4 heteroatoms. The molecule has 0 amide bonds. The van der Waals surface area contributed by atoms with Gasteiger partial charge >= 0.3 is 350 Å². The zero-order valence-corrected chi connectivity index (χ0v) is 38.4. The van der Waals surface area contributed by atoms with Crippen molar-refractivity contribution in [2.24, 2.45) is 0 Å². The Balaban J connectivity index is 1.21. The van der Waals surface area contributed by atoms with E-state index < -0.39 is 26.5 Å². The molecule has 0 unspecified atom stereocenters. The fraction of sp³-hybridized carbons (Fsp3) is 0.111. The summed E-state index contributed by atoms with van der Waals surface area (Å²) in [5.41, 5.74) is 7.03. The van der Waals surface area contributed by atoms with Gasteiger partial charge in [-0.3, -0.25) is 0 Å². The van der Waals surface area contributed by atoms with E-state index in [-0.39, 0.29) is 0 Å². The quantitative estimate of drug-likeness (QED) is 0.111. The van der Waals surface area contributed by atoms with Gasteiger partial charge in [0.05, 0.1) is 0 Å². The van der Waals surface area contributed by atoms with Gasteiger partial charge in [0, 0.05) is 0 Å². The van der Waals surface area contributed by atoms with Gasteiger partial charge in [-0.05, 0) is 0 Å². The average molecular weight is 870 g/mol. The van der Waals surface area contributed by atoms with Gasteiger partial charge in [-0.1, -0.05) is 0 Å². The van der Waals surface area contributed by atoms with Crippen molar-refractivity contribution in [3.8, 4) is 0 Å². The van der Waals surface area contributed by atoms with Gasteiger partial charge in [-0.2, -0.15) is 0 Å². The maximum atomic E-state index is 2.47. The van der Waals surface area contributed by atoms with Gasteiger partial charge in [0.25, 0.3) is 0 Å². The fourth-order valence-corrected chi connectivity index (χ4v) is 13.8. The van der Waals surface area contributed by atoms with E-state index in [4.69, 9.17) is 0 Å². The molecule has 282 valence electrons. The molecule has 0 aliphatic heterocycles. The van der Waals surface area contributed by atoms with Crippen LogP contribution in [0.5, 0.6) is 0 Å². The van der Waals surface area contributed by atoms with Gasteiger partial charge in [-0.15, -0.1) is 0 Å². The Bertz CT molecular complexity index is 2920. The Labute approximate surface area is 347 Å². The van der Waals surface area contributed by atoms with E-state index in [1.165, 1.54) is 85.4 Å². The van der Waals surface area contributed by atoms with Crippen LogP contribution in [-0.2, 0) is 0 Å². The number of hydrogen-bond acceptors (Lipinski definition) is 2. The predicted octanol–water partition coefficient (Wildman–Crippen LogP) is 14.9. The fourth-order valence-electron chi connectivity index (χ4n) is 8.87. The molecule has 0 spiro atoms. The topological polar surface area (TPSA) is 6.48 Å². The molecule has 0 bridgehead atoms. The third kappa shape index (κ3) is 6.43. The molecule has 0 aliphatic carbocycles. The van der Waals surface area contributed by atoms with E-state index in [1.807, 2.05) is 0 Å². The minimum absolute atomic E-state index is 1.16. The van der Waals surface area contributed by atoms with Crippen LogP contribution in [0.1, 0.15) is 0 Å². The number of fused-ring (bicyclic) bond motifs is 2. The van der Waals surface area contributed by atoms with Crippen molar-refractivity contribution in [1.29, 1.82) is 0 Å². The number of nitrogens with zero attached hydrogens (tertiary/aromatic N) is 2. The zero-order valence-electron chi connectivity index (χ0n) is 34.2. The van der Waals surface area contributed by atoms with E-state index >= 15 is 0 Å². The van der Waals surface area contributed by atoms with Gasteiger partial charge in [-0.25, -0.2) is 0 Å². The first-order chi connectivity index (χ1) is 28.0. The average Bonchev–Trinajstić information content (AvgIpc) is 3.23. The van der Waals surface area contributed by atoms with E-state index in [2.05, 4.69) is 226 Å². The first-order valence-electron chi connectivity index (χ1n) is 20.5. The van der Waals surface area contributed by atoms with Gasteiger partial charge < -0.3 is 0 Å². The first kappa shape index (κ1) is 36.8. The summed E-state index contributed by atoms with van der Waals surface area (Å²) in [5.74, 6) is 14.8. The van der Waals surface area contributed by atoms with Crippen molar-refractivity contribution in [1.82, 2.24) is 0 Å². The molecule has 0 saturated heterocycles. The van der Waals surface area contributed by atoms with E-state index in [1.54, 1.807) is 0 Å². The molecule has 0 aromatic heterocycles. The van der Waals surface area contributed by atoms with Gasteiger partial charge in [0.2, 0.25) is 0 Å². The Morgan fingerprint density at radius 1 is 0.293 bits per heavy atom. The van der Waals surface area contributed by atoms with Crippen LogP contribution < -0.4 is 18.6 Å². The third-order valence-electron chi connectivity index (χ3n) is 12.1. The third-order valence-corrected chi connectivity index (χ3v) is 20.7. The monoisotopic (exact) mass is 872 g/mol. The Kier molecular flexibility index (Phi) is 8.92. The number of hydrogen-bond donors (Lipinski definition) is 0. The number of anilines is 6. The van der Waals surface area contributed by atoms with Crippen LogP contribution in [0.2, 0.25) is 34.5 Å². The van der Waals surface area contributed by atoms with Crippen molar-refractivity contribution in [3.63, 3.8) is 0 Å². The number of benzene rings is 10. The normalized spacial score (nSPS) is 12.3. The maximum absolute atomic E-state index is 2.47. The molecule has 10 aromatic rings. The van der Waals surface area contributed by atoms with E-state index in [0.29, 0.717) is 0 Å². The van der Waals surface area contributed by atoms with Crippen LogP contribution in [0.15, 0.2) is 182 Å². The van der Waals surface area contributed by atoms with E-state index in [0.717, 1.165) is 11.4 Å². The van der Waals surface area contributed by atoms with Crippen LogP contribution in [0.4, 0.5) is 34.1 Å². The summed E-state index contributed by atoms with van der Waals surface area (Å²) in [6.45, 7) is 0. The SMILES string of the molecule is [CH3][Ge]([CH3])([CH3])[c]1ccc(N(c2ccc3ccccc3c2)c2ccc3ccc4c(N(c5cc[c]([Ge]([CH3])([CH3])[CH3])cc5)c5ccc6ccccc6c5)ccc5ccc2c3c54)cc1. The molecule has 2 nitrogen and oxygen atoms in total. The second kappa shape index (κ2) is 14.1. The number of rotatable bonds is 8. The van der Waals surface area contributed by atoms with Crippen molar-refractivity contribution in [2.45, 2.75) is 34.5 Å². The van der Waals surface area contributed by atoms with Crippen LogP contribution in [0.25, 0.3) is 53.9 Å². The Morgan fingerprint density at radius 2 is 0.621 bits per heavy atom. The molecule has 58 heavy (non-hydrogen) atoms. The second-order valence-corrected chi connectivity index (χ2v) is 39.2. The summed E-state index contributed by atoms with van der Waals surface area (Å²) in [4.78, 5) is 4.95. The molecule has 0 fully saturated rings. The summed E-state index contributed by atoms with van der Waals surface area (Å²) < 4.78 is 3.02. The molecule has 10 rings (SSSR count). The van der Waals surface area contributed by atoms with Crippen LogP contribution >= 0.6 is 0 Å². The van der Waals surface area contributed by atoms with E-state index in [9.17, 15) is 0 Å². The van der Waals surface area contributed by atoms with Crippen molar-refractivity contribution >= 4 is 123 Å². The summed E-state index contributed by atoms with van der Waals surface area (Å²) >= 11 is -4.05.